The second kappa shape index (κ2) is 6.42. The van der Waals surface area contributed by atoms with Crippen molar-refractivity contribution >= 4 is 17.6 Å². The van der Waals surface area contributed by atoms with E-state index in [0.717, 1.165) is 17.7 Å². The van der Waals surface area contributed by atoms with Crippen molar-refractivity contribution in [2.45, 2.75) is 24.4 Å². The Morgan fingerprint density at radius 1 is 1.33 bits per heavy atom. The summed E-state index contributed by atoms with van der Waals surface area (Å²) in [5.74, 6) is -1.97. The zero-order valence-corrected chi connectivity index (χ0v) is 15.7. The summed E-state index contributed by atoms with van der Waals surface area (Å²) in [5, 5.41) is 14.6. The Labute approximate surface area is 170 Å². The molecule has 1 fully saturated rings. The number of ether oxygens (including phenoxy) is 1. The van der Waals surface area contributed by atoms with E-state index in [4.69, 9.17) is 4.74 Å². The molecule has 30 heavy (non-hydrogen) atoms. The number of fused-ring (bicyclic) bond motifs is 3. The number of halogens is 2. The fourth-order valence-corrected chi connectivity index (χ4v) is 4.28. The van der Waals surface area contributed by atoms with Crippen LogP contribution in [-0.2, 0) is 10.3 Å². The lowest BCUT2D eigenvalue weighted by Crippen LogP contribution is -2.51. The van der Waals surface area contributed by atoms with Gasteiger partial charge < -0.3 is 20.3 Å². The molecule has 9 heteroatoms. The van der Waals surface area contributed by atoms with Gasteiger partial charge in [-0.05, 0) is 31.0 Å². The van der Waals surface area contributed by atoms with Crippen molar-refractivity contribution in [3.63, 3.8) is 0 Å². The highest BCUT2D eigenvalue weighted by molar-refractivity contribution is 5.97. The number of benzene rings is 2. The Hall–Kier alpha value is -3.67. The van der Waals surface area contributed by atoms with E-state index in [-0.39, 0.29) is 24.5 Å². The molecule has 2 heterocycles. The quantitative estimate of drug-likeness (QED) is 0.814. The molecule has 1 atom stereocenters. The van der Waals surface area contributed by atoms with E-state index in [9.17, 15) is 23.6 Å². The smallest absolute Gasteiger partial charge is 0.323 e. The summed E-state index contributed by atoms with van der Waals surface area (Å²) in [6.45, 7) is -0.260. The average molecular weight is 410 g/mol. The second-order valence-electron chi connectivity index (χ2n) is 7.65. The molecule has 1 aliphatic carbocycles. The number of anilines is 1. The molecule has 0 unspecified atom stereocenters. The zero-order valence-electron chi connectivity index (χ0n) is 15.7. The first-order valence-electron chi connectivity index (χ1n) is 9.46. The van der Waals surface area contributed by atoms with Gasteiger partial charge in [-0.15, -0.1) is 0 Å². The summed E-state index contributed by atoms with van der Waals surface area (Å²) in [5.41, 5.74) is 1.39. The first kappa shape index (κ1) is 18.4. The molecule has 3 amide bonds. The Bertz CT molecular complexity index is 1140. The van der Waals surface area contributed by atoms with E-state index < -0.39 is 35.2 Å². The molecule has 0 radical (unpaired) electrons. The fraction of sp³-hybridized carbons (Fsp3) is 0.286. The highest BCUT2D eigenvalue weighted by atomic mass is 19.1. The maximum absolute atomic E-state index is 14.2. The van der Waals surface area contributed by atoms with Gasteiger partial charge in [-0.1, -0.05) is 0 Å². The molecule has 0 bridgehead atoms. The van der Waals surface area contributed by atoms with Crippen LogP contribution in [0, 0.1) is 23.0 Å². The van der Waals surface area contributed by atoms with Gasteiger partial charge in [0.1, 0.15) is 30.5 Å². The highest BCUT2D eigenvalue weighted by Crippen LogP contribution is 2.55. The summed E-state index contributed by atoms with van der Waals surface area (Å²) in [4.78, 5) is 26.8. The Balaban J connectivity index is 1.36. The van der Waals surface area contributed by atoms with E-state index in [1.54, 1.807) is 18.2 Å². The van der Waals surface area contributed by atoms with Crippen LogP contribution in [0.3, 0.4) is 0 Å². The van der Waals surface area contributed by atoms with Gasteiger partial charge >= 0.3 is 6.03 Å². The molecule has 2 aromatic carbocycles. The Kier molecular flexibility index (Phi) is 3.93. The SMILES string of the molecule is N#Cc1ccc2c(c1)C1(CC1)N(CC(=O)N[C@H]1COc3cc(F)cc(F)c31)C(=O)N2. The Morgan fingerprint density at radius 2 is 2.13 bits per heavy atom. The first-order valence-corrected chi connectivity index (χ1v) is 9.46. The molecule has 5 rings (SSSR count). The number of nitriles is 1. The largest absolute Gasteiger partial charge is 0.490 e. The lowest BCUT2D eigenvalue weighted by atomic mass is 9.96. The second-order valence-corrected chi connectivity index (χ2v) is 7.65. The summed E-state index contributed by atoms with van der Waals surface area (Å²) in [7, 11) is 0. The lowest BCUT2D eigenvalue weighted by molar-refractivity contribution is -0.123. The minimum absolute atomic E-state index is 0.0207. The van der Waals surface area contributed by atoms with Crippen molar-refractivity contribution < 1.29 is 23.1 Å². The van der Waals surface area contributed by atoms with Gasteiger partial charge in [0, 0.05) is 23.4 Å². The van der Waals surface area contributed by atoms with Crippen molar-refractivity contribution in [1.82, 2.24) is 10.2 Å². The molecule has 152 valence electrons. The number of amides is 3. The van der Waals surface area contributed by atoms with Gasteiger partial charge in [-0.2, -0.15) is 5.26 Å². The standard InChI is InChI=1S/C21H16F2N4O3/c22-12-6-14(23)19-16(10-30-17(19)7-12)25-18(28)9-27-20(29)26-15-2-1-11(8-24)5-13(15)21(27)3-4-21/h1-2,5-7,16H,3-4,9-10H2,(H,25,28)(H,26,29)/t16-/m0/s1. The maximum atomic E-state index is 14.2. The van der Waals surface area contributed by atoms with E-state index in [2.05, 4.69) is 16.7 Å². The van der Waals surface area contributed by atoms with Crippen molar-refractivity contribution in [2.75, 3.05) is 18.5 Å². The lowest BCUT2D eigenvalue weighted by Gasteiger charge is -2.37. The minimum atomic E-state index is -0.792. The predicted molar refractivity (Wildman–Crippen MR) is 101 cm³/mol. The summed E-state index contributed by atoms with van der Waals surface area (Å²) in [6.07, 6.45) is 1.36. The number of urea groups is 1. The van der Waals surface area contributed by atoms with Crippen molar-refractivity contribution in [3.8, 4) is 11.8 Å². The monoisotopic (exact) mass is 410 g/mol. The van der Waals surface area contributed by atoms with Crippen molar-refractivity contribution in [3.05, 3.63) is 58.7 Å². The number of nitrogens with zero attached hydrogens (tertiary/aromatic N) is 2. The van der Waals surface area contributed by atoms with E-state index >= 15 is 0 Å². The number of hydrogen-bond donors (Lipinski definition) is 2. The van der Waals surface area contributed by atoms with Crippen LogP contribution < -0.4 is 15.4 Å². The number of nitrogens with one attached hydrogen (secondary N) is 2. The zero-order chi connectivity index (χ0) is 21.0. The van der Waals surface area contributed by atoms with Crippen LogP contribution in [0.25, 0.3) is 0 Å². The molecular weight excluding hydrogens is 394 g/mol. The van der Waals surface area contributed by atoms with Crippen LogP contribution in [0.2, 0.25) is 0 Å². The maximum Gasteiger partial charge on any atom is 0.323 e. The molecule has 2 N–H and O–H groups in total. The van der Waals surface area contributed by atoms with Gasteiger partial charge in [-0.25, -0.2) is 13.6 Å². The number of hydrogen-bond acceptors (Lipinski definition) is 4. The molecule has 2 aliphatic heterocycles. The van der Waals surface area contributed by atoms with Gasteiger partial charge in [-0.3, -0.25) is 4.79 Å². The third kappa shape index (κ3) is 2.76. The molecule has 2 aromatic rings. The number of carbonyl (C=O) groups is 2. The molecule has 3 aliphatic rings. The van der Waals surface area contributed by atoms with Gasteiger partial charge in [0.25, 0.3) is 0 Å². The first-order chi connectivity index (χ1) is 14.4. The van der Waals surface area contributed by atoms with Crippen LogP contribution in [0.15, 0.2) is 30.3 Å². The summed E-state index contributed by atoms with van der Waals surface area (Å²) < 4.78 is 32.8. The predicted octanol–water partition coefficient (Wildman–Crippen LogP) is 2.92. The summed E-state index contributed by atoms with van der Waals surface area (Å²) >= 11 is 0. The summed E-state index contributed by atoms with van der Waals surface area (Å²) in [6, 6.07) is 7.79. The molecule has 1 saturated carbocycles. The van der Waals surface area contributed by atoms with E-state index in [1.165, 1.54) is 4.90 Å². The normalized spacial score (nSPS) is 20.0. The van der Waals surface area contributed by atoms with Crippen LogP contribution in [-0.4, -0.2) is 30.0 Å². The molecule has 0 saturated heterocycles. The Morgan fingerprint density at radius 3 is 2.87 bits per heavy atom. The van der Waals surface area contributed by atoms with Crippen LogP contribution in [0.1, 0.15) is 35.6 Å². The third-order valence-corrected chi connectivity index (χ3v) is 5.82. The van der Waals surface area contributed by atoms with E-state index in [0.29, 0.717) is 24.1 Å². The number of rotatable bonds is 3. The number of carbonyl (C=O) groups excluding carboxylic acids is 2. The van der Waals surface area contributed by atoms with Crippen LogP contribution in [0.5, 0.6) is 5.75 Å². The van der Waals surface area contributed by atoms with Gasteiger partial charge in [0.15, 0.2) is 0 Å². The van der Waals surface area contributed by atoms with Crippen LogP contribution in [0.4, 0.5) is 19.3 Å². The molecule has 1 spiro atoms. The minimum Gasteiger partial charge on any atom is -0.490 e. The van der Waals surface area contributed by atoms with Crippen molar-refractivity contribution in [2.24, 2.45) is 0 Å². The third-order valence-electron chi connectivity index (χ3n) is 5.82. The van der Waals surface area contributed by atoms with E-state index in [1.807, 2.05) is 0 Å². The molecule has 0 aromatic heterocycles. The molecular formula is C21H16F2N4O3. The van der Waals surface area contributed by atoms with Gasteiger partial charge in [0.05, 0.1) is 28.8 Å². The van der Waals surface area contributed by atoms with Crippen molar-refractivity contribution in [1.29, 1.82) is 5.26 Å². The topological polar surface area (TPSA) is 94.5 Å². The fourth-order valence-electron chi connectivity index (χ4n) is 4.28. The van der Waals surface area contributed by atoms with Crippen LogP contribution >= 0.6 is 0 Å². The molecule has 7 nitrogen and oxygen atoms in total. The average Bonchev–Trinajstić information content (AvgIpc) is 3.40. The highest BCUT2D eigenvalue weighted by Gasteiger charge is 2.55. The van der Waals surface area contributed by atoms with Gasteiger partial charge in [0.2, 0.25) is 5.91 Å².